The van der Waals surface area contributed by atoms with Gasteiger partial charge in [0.1, 0.15) is 0 Å². The predicted molar refractivity (Wildman–Crippen MR) is 70.0 cm³/mol. The van der Waals surface area contributed by atoms with E-state index in [1.165, 1.54) is 0 Å². The van der Waals surface area contributed by atoms with Crippen LogP contribution in [0.5, 0.6) is 0 Å². The number of hydrogen-bond donors (Lipinski definition) is 1. The summed E-state index contributed by atoms with van der Waals surface area (Å²) in [5.74, 6) is -1.18. The first-order chi connectivity index (χ1) is 9.08. The Hall–Kier alpha value is -1.08. The van der Waals surface area contributed by atoms with Crippen molar-refractivity contribution in [1.29, 1.82) is 0 Å². The first-order valence-corrected chi connectivity index (χ1v) is 6.67. The minimum absolute atomic E-state index is 0.259. The number of rotatable bonds is 1. The van der Waals surface area contributed by atoms with Gasteiger partial charge >= 0.3 is 6.18 Å². The zero-order valence-electron chi connectivity index (χ0n) is 10.8. The van der Waals surface area contributed by atoms with Crippen molar-refractivity contribution in [2.24, 2.45) is 0 Å². The van der Waals surface area contributed by atoms with Crippen LogP contribution in [0.25, 0.3) is 0 Å². The fraction of sp³-hybridized carbons (Fsp3) is 0.462. The Morgan fingerprint density at radius 2 is 2.00 bits per heavy atom. The van der Waals surface area contributed by atoms with Crippen molar-refractivity contribution in [3.8, 4) is 0 Å². The van der Waals surface area contributed by atoms with E-state index in [0.717, 1.165) is 11.4 Å². The van der Waals surface area contributed by atoms with Gasteiger partial charge in [-0.2, -0.15) is 13.2 Å². The molecular formula is C13H13BrF3NO2. The number of alkyl halides is 3. The standard InChI is InChI=1S/C13H13BrF3NO2/c1-11(8-4-3-5-9(14)6-8)7-20-12(2,10(19)18-11)13(15,16)17/h3-6H,7H2,1-2H3,(H,18,19). The summed E-state index contributed by atoms with van der Waals surface area (Å²) >= 11 is 3.29. The third kappa shape index (κ3) is 2.44. The second-order valence-corrected chi connectivity index (χ2v) is 6.03. The molecule has 1 aromatic rings. The van der Waals surface area contributed by atoms with Gasteiger partial charge in [-0.25, -0.2) is 0 Å². The molecule has 1 aliphatic rings. The molecule has 20 heavy (non-hydrogen) atoms. The summed E-state index contributed by atoms with van der Waals surface area (Å²) in [7, 11) is 0. The summed E-state index contributed by atoms with van der Waals surface area (Å²) in [6, 6.07) is 7.00. The van der Waals surface area contributed by atoms with Crippen molar-refractivity contribution in [1.82, 2.24) is 5.32 Å². The van der Waals surface area contributed by atoms with E-state index in [2.05, 4.69) is 21.2 Å². The summed E-state index contributed by atoms with van der Waals surface area (Å²) in [5.41, 5.74) is -3.13. The Morgan fingerprint density at radius 1 is 1.35 bits per heavy atom. The molecule has 1 N–H and O–H groups in total. The first kappa shape index (κ1) is 15.3. The minimum Gasteiger partial charge on any atom is -0.354 e. The fourth-order valence-corrected chi connectivity index (χ4v) is 2.36. The van der Waals surface area contributed by atoms with Crippen LogP contribution in [-0.4, -0.2) is 24.3 Å². The van der Waals surface area contributed by atoms with Crippen LogP contribution in [0.15, 0.2) is 28.7 Å². The number of carbonyl (C=O) groups is 1. The molecule has 7 heteroatoms. The van der Waals surface area contributed by atoms with Crippen LogP contribution in [0.1, 0.15) is 19.4 Å². The summed E-state index contributed by atoms with van der Waals surface area (Å²) < 4.78 is 44.4. The Bertz CT molecular complexity index is 549. The molecule has 1 heterocycles. The maximum absolute atomic E-state index is 12.9. The van der Waals surface area contributed by atoms with Gasteiger partial charge in [0.15, 0.2) is 0 Å². The van der Waals surface area contributed by atoms with Crippen molar-refractivity contribution >= 4 is 21.8 Å². The van der Waals surface area contributed by atoms with Gasteiger partial charge < -0.3 is 10.1 Å². The lowest BCUT2D eigenvalue weighted by atomic mass is 9.88. The number of carbonyl (C=O) groups excluding carboxylic acids is 1. The lowest BCUT2D eigenvalue weighted by molar-refractivity contribution is -0.274. The van der Waals surface area contributed by atoms with Gasteiger partial charge in [-0.15, -0.1) is 0 Å². The molecule has 0 aromatic heterocycles. The topological polar surface area (TPSA) is 38.3 Å². The number of ether oxygens (including phenoxy) is 1. The van der Waals surface area contributed by atoms with Crippen LogP contribution < -0.4 is 5.32 Å². The van der Waals surface area contributed by atoms with Crippen LogP contribution in [-0.2, 0) is 15.1 Å². The maximum Gasteiger partial charge on any atom is 0.426 e. The Kier molecular flexibility index (Phi) is 3.62. The van der Waals surface area contributed by atoms with Gasteiger partial charge in [-0.05, 0) is 31.5 Å². The van der Waals surface area contributed by atoms with Crippen LogP contribution >= 0.6 is 15.9 Å². The molecule has 2 rings (SSSR count). The number of halogens is 4. The van der Waals surface area contributed by atoms with E-state index in [9.17, 15) is 18.0 Å². The molecule has 1 saturated heterocycles. The van der Waals surface area contributed by atoms with Crippen LogP contribution in [0, 0.1) is 0 Å². The average molecular weight is 352 g/mol. The lowest BCUT2D eigenvalue weighted by Crippen LogP contribution is -2.67. The molecule has 0 bridgehead atoms. The molecule has 2 unspecified atom stereocenters. The first-order valence-electron chi connectivity index (χ1n) is 5.88. The quantitative estimate of drug-likeness (QED) is 0.844. The lowest BCUT2D eigenvalue weighted by Gasteiger charge is -2.43. The summed E-state index contributed by atoms with van der Waals surface area (Å²) in [4.78, 5) is 11.9. The second-order valence-electron chi connectivity index (χ2n) is 5.12. The minimum atomic E-state index is -4.75. The molecule has 1 aliphatic heterocycles. The van der Waals surface area contributed by atoms with Gasteiger partial charge in [-0.1, -0.05) is 28.1 Å². The van der Waals surface area contributed by atoms with Crippen molar-refractivity contribution < 1.29 is 22.7 Å². The number of benzene rings is 1. The highest BCUT2D eigenvalue weighted by Gasteiger charge is 2.62. The van der Waals surface area contributed by atoms with Gasteiger partial charge in [0, 0.05) is 4.47 Å². The van der Waals surface area contributed by atoms with Crippen molar-refractivity contribution in [2.45, 2.75) is 31.2 Å². The van der Waals surface area contributed by atoms with E-state index in [4.69, 9.17) is 4.74 Å². The largest absolute Gasteiger partial charge is 0.426 e. The second kappa shape index (κ2) is 4.73. The summed E-state index contributed by atoms with van der Waals surface area (Å²) in [6.45, 7) is 2.11. The molecule has 0 saturated carbocycles. The highest BCUT2D eigenvalue weighted by atomic mass is 79.9. The number of nitrogens with one attached hydrogen (secondary N) is 1. The molecule has 1 fully saturated rings. The van der Waals surface area contributed by atoms with Gasteiger partial charge in [0.25, 0.3) is 5.91 Å². The van der Waals surface area contributed by atoms with Crippen LogP contribution in [0.3, 0.4) is 0 Å². The fourth-order valence-electron chi connectivity index (χ4n) is 1.96. The molecule has 0 aliphatic carbocycles. The molecule has 0 radical (unpaired) electrons. The average Bonchev–Trinajstić information content (AvgIpc) is 2.33. The third-order valence-electron chi connectivity index (χ3n) is 3.47. The van der Waals surface area contributed by atoms with Crippen molar-refractivity contribution in [3.05, 3.63) is 34.3 Å². The summed E-state index contributed by atoms with van der Waals surface area (Å²) in [6.07, 6.45) is -4.75. The monoisotopic (exact) mass is 351 g/mol. The molecule has 3 nitrogen and oxygen atoms in total. The summed E-state index contributed by atoms with van der Waals surface area (Å²) in [5, 5.41) is 2.43. The van der Waals surface area contributed by atoms with Crippen LogP contribution in [0.2, 0.25) is 0 Å². The molecule has 0 spiro atoms. The molecular weight excluding hydrogens is 339 g/mol. The highest BCUT2D eigenvalue weighted by molar-refractivity contribution is 9.10. The SMILES string of the molecule is CC1(c2cccc(Br)c2)COC(C)(C(F)(F)F)C(=O)N1. The highest BCUT2D eigenvalue weighted by Crippen LogP contribution is 2.39. The smallest absolute Gasteiger partial charge is 0.354 e. The van der Waals surface area contributed by atoms with E-state index in [1.54, 1.807) is 31.2 Å². The Balaban J connectivity index is 2.31. The van der Waals surface area contributed by atoms with Crippen molar-refractivity contribution in [2.75, 3.05) is 6.61 Å². The van der Waals surface area contributed by atoms with Crippen LogP contribution in [0.4, 0.5) is 13.2 Å². The molecule has 2 atom stereocenters. The van der Waals surface area contributed by atoms with E-state index < -0.39 is 23.2 Å². The van der Waals surface area contributed by atoms with E-state index in [1.807, 2.05) is 0 Å². The zero-order chi connectivity index (χ0) is 15.2. The number of hydrogen-bond acceptors (Lipinski definition) is 2. The Morgan fingerprint density at radius 3 is 2.50 bits per heavy atom. The zero-order valence-corrected chi connectivity index (χ0v) is 12.4. The maximum atomic E-state index is 12.9. The van der Waals surface area contributed by atoms with Gasteiger partial charge in [0.2, 0.25) is 5.60 Å². The molecule has 1 aromatic carbocycles. The van der Waals surface area contributed by atoms with E-state index >= 15 is 0 Å². The van der Waals surface area contributed by atoms with E-state index in [-0.39, 0.29) is 6.61 Å². The third-order valence-corrected chi connectivity index (χ3v) is 3.97. The normalized spacial score (nSPS) is 31.0. The van der Waals surface area contributed by atoms with Crippen molar-refractivity contribution in [3.63, 3.8) is 0 Å². The number of morpholine rings is 1. The molecule has 110 valence electrons. The predicted octanol–water partition coefficient (Wildman–Crippen LogP) is 3.13. The molecule has 1 amide bonds. The van der Waals surface area contributed by atoms with Gasteiger partial charge in [0.05, 0.1) is 12.1 Å². The van der Waals surface area contributed by atoms with Gasteiger partial charge in [-0.3, -0.25) is 4.79 Å². The van der Waals surface area contributed by atoms with E-state index in [0.29, 0.717) is 5.56 Å². The number of amides is 1. The Labute approximate surface area is 122 Å².